The van der Waals surface area contributed by atoms with Crippen LogP contribution in [0.1, 0.15) is 24.3 Å². The van der Waals surface area contributed by atoms with Gasteiger partial charge in [-0.2, -0.15) is 5.10 Å². The lowest BCUT2D eigenvalue weighted by Crippen LogP contribution is -2.15. The predicted octanol–water partition coefficient (Wildman–Crippen LogP) is 3.98. The molecule has 0 saturated heterocycles. The number of ether oxygens (including phenoxy) is 1. The molecule has 0 saturated carbocycles. The van der Waals surface area contributed by atoms with Crippen molar-refractivity contribution >= 4 is 11.6 Å². The lowest BCUT2D eigenvalue weighted by atomic mass is 10.1. The fraction of sp³-hybridized carbons (Fsp3) is 0.174. The summed E-state index contributed by atoms with van der Waals surface area (Å²) < 4.78 is 7.52. The molecule has 0 aromatic carbocycles. The maximum Gasteiger partial charge on any atom is 0.274 e. The zero-order chi connectivity index (χ0) is 21.8. The van der Waals surface area contributed by atoms with Gasteiger partial charge < -0.3 is 10.1 Å². The Kier molecular flexibility index (Phi) is 5.70. The van der Waals surface area contributed by atoms with Crippen molar-refractivity contribution in [2.24, 2.45) is 7.05 Å². The van der Waals surface area contributed by atoms with Crippen LogP contribution in [-0.2, 0) is 7.05 Å². The van der Waals surface area contributed by atoms with Gasteiger partial charge in [0, 0.05) is 37.4 Å². The molecular weight excluding hydrogens is 392 g/mol. The van der Waals surface area contributed by atoms with Gasteiger partial charge in [-0.3, -0.25) is 19.4 Å². The van der Waals surface area contributed by atoms with Gasteiger partial charge in [-0.25, -0.2) is 4.98 Å². The molecule has 4 heterocycles. The van der Waals surface area contributed by atoms with Crippen molar-refractivity contribution in [3.63, 3.8) is 0 Å². The van der Waals surface area contributed by atoms with E-state index in [0.717, 1.165) is 5.56 Å². The fourth-order valence-corrected chi connectivity index (χ4v) is 3.09. The van der Waals surface area contributed by atoms with E-state index in [9.17, 15) is 4.79 Å². The maximum atomic E-state index is 13.0. The van der Waals surface area contributed by atoms with E-state index >= 15 is 0 Å². The van der Waals surface area contributed by atoms with Gasteiger partial charge in [-0.05, 0) is 50.2 Å². The zero-order valence-electron chi connectivity index (χ0n) is 17.5. The molecule has 0 aliphatic rings. The Morgan fingerprint density at radius 2 is 1.94 bits per heavy atom. The first kappa shape index (κ1) is 20.2. The number of pyridine rings is 3. The van der Waals surface area contributed by atoms with E-state index in [2.05, 4.69) is 25.4 Å². The first-order valence-corrected chi connectivity index (χ1v) is 9.86. The molecule has 4 aromatic heterocycles. The standard InChI is InChI=1S/C23H22N6O2/c1-15(2)31-20-10-9-18(26-21(20)16-7-6-11-24-13-16)23(30)27-19-14-29(3)28-22(19)17-8-4-5-12-25-17/h4-15H,1-3H3,(H,27,30). The van der Waals surface area contributed by atoms with Crippen LogP contribution in [0.15, 0.2) is 67.3 Å². The third-order valence-corrected chi connectivity index (χ3v) is 4.37. The largest absolute Gasteiger partial charge is 0.489 e. The molecule has 8 nitrogen and oxygen atoms in total. The van der Waals surface area contributed by atoms with Crippen LogP contribution in [0, 0.1) is 0 Å². The Labute approximate surface area is 180 Å². The van der Waals surface area contributed by atoms with Gasteiger partial charge in [0.15, 0.2) is 0 Å². The summed E-state index contributed by atoms with van der Waals surface area (Å²) in [5.74, 6) is 0.238. The van der Waals surface area contributed by atoms with Crippen molar-refractivity contribution in [1.29, 1.82) is 0 Å². The Morgan fingerprint density at radius 3 is 2.65 bits per heavy atom. The molecule has 156 valence electrons. The number of aryl methyl sites for hydroxylation is 1. The molecular formula is C23H22N6O2. The van der Waals surface area contributed by atoms with Crippen LogP contribution in [0.2, 0.25) is 0 Å². The van der Waals surface area contributed by atoms with Gasteiger partial charge in [-0.15, -0.1) is 0 Å². The number of amides is 1. The highest BCUT2D eigenvalue weighted by Gasteiger charge is 2.18. The number of hydrogen-bond acceptors (Lipinski definition) is 6. The van der Waals surface area contributed by atoms with Gasteiger partial charge in [0.25, 0.3) is 5.91 Å². The number of anilines is 1. The van der Waals surface area contributed by atoms with Gasteiger partial charge in [-0.1, -0.05) is 6.07 Å². The summed E-state index contributed by atoms with van der Waals surface area (Å²) in [4.78, 5) is 26.1. The summed E-state index contributed by atoms with van der Waals surface area (Å²) in [5.41, 5.74) is 3.39. The van der Waals surface area contributed by atoms with Crippen LogP contribution < -0.4 is 10.1 Å². The molecule has 0 atom stereocenters. The van der Waals surface area contributed by atoms with Gasteiger partial charge in [0.1, 0.15) is 22.8 Å². The van der Waals surface area contributed by atoms with Gasteiger partial charge in [0.05, 0.1) is 17.5 Å². The highest BCUT2D eigenvalue weighted by molar-refractivity contribution is 6.05. The van der Waals surface area contributed by atoms with Crippen LogP contribution in [0.5, 0.6) is 5.75 Å². The monoisotopic (exact) mass is 414 g/mol. The first-order valence-electron chi connectivity index (χ1n) is 9.86. The quantitative estimate of drug-likeness (QED) is 0.513. The fourth-order valence-electron chi connectivity index (χ4n) is 3.09. The van der Waals surface area contributed by atoms with Crippen molar-refractivity contribution in [2.75, 3.05) is 5.32 Å². The topological polar surface area (TPSA) is 94.8 Å². The number of aromatic nitrogens is 5. The first-order chi connectivity index (χ1) is 15.0. The van der Waals surface area contributed by atoms with Crippen molar-refractivity contribution < 1.29 is 9.53 Å². The minimum Gasteiger partial charge on any atom is -0.489 e. The van der Waals surface area contributed by atoms with Crippen LogP contribution in [0.4, 0.5) is 5.69 Å². The summed E-state index contributed by atoms with van der Waals surface area (Å²) in [6.07, 6.45) is 6.76. The minimum absolute atomic E-state index is 0.0341. The third kappa shape index (κ3) is 4.58. The molecule has 0 aliphatic carbocycles. The van der Waals surface area contributed by atoms with Crippen LogP contribution in [0.3, 0.4) is 0 Å². The van der Waals surface area contributed by atoms with Crippen LogP contribution in [-0.4, -0.2) is 36.7 Å². The van der Waals surface area contributed by atoms with E-state index in [1.54, 1.807) is 48.6 Å². The highest BCUT2D eigenvalue weighted by atomic mass is 16.5. The van der Waals surface area contributed by atoms with Crippen molar-refractivity contribution in [1.82, 2.24) is 24.7 Å². The minimum atomic E-state index is -0.355. The van der Waals surface area contributed by atoms with Crippen LogP contribution in [0.25, 0.3) is 22.6 Å². The number of nitrogens with one attached hydrogen (secondary N) is 1. The molecule has 31 heavy (non-hydrogen) atoms. The average Bonchev–Trinajstić information content (AvgIpc) is 3.14. The summed E-state index contributed by atoms with van der Waals surface area (Å²) in [6.45, 7) is 3.88. The predicted molar refractivity (Wildman–Crippen MR) is 118 cm³/mol. The van der Waals surface area contributed by atoms with E-state index < -0.39 is 0 Å². The normalized spacial score (nSPS) is 10.8. The molecule has 1 amide bonds. The lowest BCUT2D eigenvalue weighted by Gasteiger charge is -2.14. The average molecular weight is 414 g/mol. The number of carbonyl (C=O) groups is 1. The van der Waals surface area contributed by atoms with E-state index in [1.165, 1.54) is 0 Å². The Balaban J connectivity index is 1.67. The van der Waals surface area contributed by atoms with Crippen molar-refractivity contribution in [3.8, 4) is 28.4 Å². The van der Waals surface area contributed by atoms with E-state index in [1.807, 2.05) is 44.2 Å². The van der Waals surface area contributed by atoms with Crippen molar-refractivity contribution in [3.05, 3.63) is 72.9 Å². The number of carbonyl (C=O) groups excluding carboxylic acids is 1. The molecule has 0 bridgehead atoms. The van der Waals surface area contributed by atoms with Crippen LogP contribution >= 0.6 is 0 Å². The third-order valence-electron chi connectivity index (χ3n) is 4.37. The zero-order valence-corrected chi connectivity index (χ0v) is 17.5. The lowest BCUT2D eigenvalue weighted by molar-refractivity contribution is 0.102. The maximum absolute atomic E-state index is 13.0. The van der Waals surface area contributed by atoms with E-state index in [-0.39, 0.29) is 17.7 Å². The molecule has 0 unspecified atom stereocenters. The van der Waals surface area contributed by atoms with E-state index in [4.69, 9.17) is 4.74 Å². The second kappa shape index (κ2) is 8.74. The summed E-state index contributed by atoms with van der Waals surface area (Å²) >= 11 is 0. The summed E-state index contributed by atoms with van der Waals surface area (Å²) in [7, 11) is 1.79. The molecule has 4 rings (SSSR count). The molecule has 0 radical (unpaired) electrons. The molecule has 0 spiro atoms. The van der Waals surface area contributed by atoms with Gasteiger partial charge >= 0.3 is 0 Å². The molecule has 0 aliphatic heterocycles. The number of hydrogen-bond donors (Lipinski definition) is 1. The summed E-state index contributed by atoms with van der Waals surface area (Å²) in [6, 6.07) is 12.6. The Bertz CT molecular complexity index is 1190. The molecule has 1 N–H and O–H groups in total. The number of nitrogens with zero attached hydrogens (tertiary/aromatic N) is 5. The smallest absolute Gasteiger partial charge is 0.274 e. The molecule has 8 heteroatoms. The summed E-state index contributed by atoms with van der Waals surface area (Å²) in [5, 5.41) is 7.33. The van der Waals surface area contributed by atoms with Gasteiger partial charge in [0.2, 0.25) is 0 Å². The second-order valence-corrected chi connectivity index (χ2v) is 7.19. The number of rotatable bonds is 6. The van der Waals surface area contributed by atoms with E-state index in [0.29, 0.717) is 28.5 Å². The highest BCUT2D eigenvalue weighted by Crippen LogP contribution is 2.29. The second-order valence-electron chi connectivity index (χ2n) is 7.19. The molecule has 4 aromatic rings. The SMILES string of the molecule is CC(C)Oc1ccc(C(=O)Nc2cn(C)nc2-c2ccccn2)nc1-c1cccnc1. The Morgan fingerprint density at radius 1 is 1.06 bits per heavy atom. The Hall–Kier alpha value is -4.07. The molecule has 0 fully saturated rings. The van der Waals surface area contributed by atoms with Crippen molar-refractivity contribution in [2.45, 2.75) is 20.0 Å².